The average Bonchev–Trinajstić information content (AvgIpc) is 2.24. The van der Waals surface area contributed by atoms with Gasteiger partial charge in [-0.1, -0.05) is 12.1 Å². The highest BCUT2D eigenvalue weighted by molar-refractivity contribution is 5.74. The number of amides is 2. The molecule has 4 heteroatoms. The van der Waals surface area contributed by atoms with Crippen LogP contribution >= 0.6 is 0 Å². The monoisotopic (exact) mass is 235 g/mol. The van der Waals surface area contributed by atoms with Gasteiger partial charge in [-0.15, -0.1) is 0 Å². The molecule has 1 aromatic carbocycles. The summed E-state index contributed by atoms with van der Waals surface area (Å²) in [6.45, 7) is 4.60. The van der Waals surface area contributed by atoms with Crippen molar-refractivity contribution in [3.63, 3.8) is 0 Å². The van der Waals surface area contributed by atoms with Gasteiger partial charge < -0.3 is 15.5 Å². The van der Waals surface area contributed by atoms with E-state index in [1.165, 1.54) is 0 Å². The van der Waals surface area contributed by atoms with Crippen LogP contribution < -0.4 is 5.73 Å². The maximum absolute atomic E-state index is 12.0. The number of nitrogens with zero attached hydrogens (tertiary/aromatic N) is 2. The van der Waals surface area contributed by atoms with Crippen molar-refractivity contribution in [1.29, 1.82) is 0 Å². The lowest BCUT2D eigenvalue weighted by atomic mass is 10.1. The first kappa shape index (κ1) is 13.4. The predicted molar refractivity (Wildman–Crippen MR) is 70.6 cm³/mol. The van der Waals surface area contributed by atoms with E-state index in [1.54, 1.807) is 19.0 Å². The van der Waals surface area contributed by atoms with Crippen molar-refractivity contribution in [1.82, 2.24) is 9.80 Å². The number of hydrogen-bond acceptors (Lipinski definition) is 2. The van der Waals surface area contributed by atoms with E-state index in [9.17, 15) is 4.79 Å². The molecular formula is C13H21N3O. The number of benzene rings is 1. The molecule has 0 unspecified atom stereocenters. The summed E-state index contributed by atoms with van der Waals surface area (Å²) in [6.07, 6.45) is 0. The summed E-state index contributed by atoms with van der Waals surface area (Å²) in [5, 5.41) is 0. The third kappa shape index (κ3) is 3.66. The van der Waals surface area contributed by atoms with Crippen molar-refractivity contribution in [2.75, 3.05) is 19.8 Å². The Morgan fingerprint density at radius 3 is 2.47 bits per heavy atom. The van der Waals surface area contributed by atoms with Gasteiger partial charge in [-0.05, 0) is 31.5 Å². The number of hydrogen-bond donors (Lipinski definition) is 1. The van der Waals surface area contributed by atoms with Crippen molar-refractivity contribution in [3.05, 3.63) is 29.8 Å². The van der Waals surface area contributed by atoms with Crippen LogP contribution in [0.4, 0.5) is 10.5 Å². The predicted octanol–water partition coefficient (Wildman–Crippen LogP) is 2.16. The van der Waals surface area contributed by atoms with E-state index in [0.29, 0.717) is 6.54 Å². The molecule has 0 aliphatic carbocycles. The van der Waals surface area contributed by atoms with E-state index >= 15 is 0 Å². The van der Waals surface area contributed by atoms with Crippen molar-refractivity contribution in [2.24, 2.45) is 0 Å². The molecule has 1 aromatic rings. The Balaban J connectivity index is 2.84. The van der Waals surface area contributed by atoms with E-state index < -0.39 is 0 Å². The van der Waals surface area contributed by atoms with Crippen molar-refractivity contribution in [2.45, 2.75) is 26.4 Å². The number of nitrogen functional groups attached to an aromatic ring is 1. The van der Waals surface area contributed by atoms with Gasteiger partial charge in [0.1, 0.15) is 0 Å². The molecule has 1 rings (SSSR count). The number of nitrogens with two attached hydrogens (primary N) is 1. The highest BCUT2D eigenvalue weighted by atomic mass is 16.2. The molecular weight excluding hydrogens is 214 g/mol. The molecule has 0 bridgehead atoms. The second-order valence-electron chi connectivity index (χ2n) is 4.64. The normalized spacial score (nSPS) is 10.4. The van der Waals surface area contributed by atoms with Crippen molar-refractivity contribution >= 4 is 11.7 Å². The Hall–Kier alpha value is -1.71. The first-order valence-corrected chi connectivity index (χ1v) is 5.74. The summed E-state index contributed by atoms with van der Waals surface area (Å²) in [5.74, 6) is 0. The van der Waals surface area contributed by atoms with Gasteiger partial charge in [0.2, 0.25) is 0 Å². The number of anilines is 1. The summed E-state index contributed by atoms with van der Waals surface area (Å²) in [4.78, 5) is 15.4. The minimum absolute atomic E-state index is 0.0161. The molecule has 0 aromatic heterocycles. The van der Waals surface area contributed by atoms with Gasteiger partial charge in [0.25, 0.3) is 0 Å². The van der Waals surface area contributed by atoms with Gasteiger partial charge >= 0.3 is 6.03 Å². The van der Waals surface area contributed by atoms with E-state index in [2.05, 4.69) is 0 Å². The molecule has 94 valence electrons. The number of urea groups is 1. The van der Waals surface area contributed by atoms with Crippen LogP contribution in [0.25, 0.3) is 0 Å². The fourth-order valence-corrected chi connectivity index (χ4v) is 1.62. The quantitative estimate of drug-likeness (QED) is 0.816. The zero-order valence-electron chi connectivity index (χ0n) is 11.0. The summed E-state index contributed by atoms with van der Waals surface area (Å²) >= 11 is 0. The third-order valence-corrected chi connectivity index (χ3v) is 2.56. The highest BCUT2D eigenvalue weighted by Gasteiger charge is 2.18. The van der Waals surface area contributed by atoms with Crippen LogP contribution in [0, 0.1) is 0 Å². The molecule has 0 saturated carbocycles. The maximum atomic E-state index is 12.0. The Kier molecular flexibility index (Phi) is 4.37. The van der Waals surface area contributed by atoms with E-state index in [-0.39, 0.29) is 12.1 Å². The van der Waals surface area contributed by atoms with Crippen LogP contribution in [0.1, 0.15) is 19.4 Å². The number of rotatable bonds is 3. The topological polar surface area (TPSA) is 49.6 Å². The molecule has 0 saturated heterocycles. The first-order valence-electron chi connectivity index (χ1n) is 5.74. The van der Waals surface area contributed by atoms with Gasteiger partial charge in [0.15, 0.2) is 0 Å². The maximum Gasteiger partial charge on any atom is 0.320 e. The molecule has 0 fully saturated rings. The lowest BCUT2D eigenvalue weighted by molar-refractivity contribution is 0.153. The van der Waals surface area contributed by atoms with Crippen molar-refractivity contribution < 1.29 is 4.79 Å². The van der Waals surface area contributed by atoms with Gasteiger partial charge in [-0.25, -0.2) is 4.79 Å². The molecule has 0 radical (unpaired) electrons. The molecule has 0 spiro atoms. The molecule has 17 heavy (non-hydrogen) atoms. The van der Waals surface area contributed by atoms with E-state index in [4.69, 9.17) is 5.73 Å². The van der Waals surface area contributed by atoms with Gasteiger partial charge in [0.05, 0.1) is 0 Å². The smallest absolute Gasteiger partial charge is 0.320 e. The number of carbonyl (C=O) groups is 1. The largest absolute Gasteiger partial charge is 0.399 e. The average molecular weight is 235 g/mol. The van der Waals surface area contributed by atoms with Crippen LogP contribution in [0.2, 0.25) is 0 Å². The van der Waals surface area contributed by atoms with Gasteiger partial charge in [0, 0.05) is 32.4 Å². The zero-order chi connectivity index (χ0) is 13.0. The van der Waals surface area contributed by atoms with Crippen LogP contribution in [0.15, 0.2) is 24.3 Å². The fraction of sp³-hybridized carbons (Fsp3) is 0.462. The van der Waals surface area contributed by atoms with E-state index in [1.807, 2.05) is 43.0 Å². The zero-order valence-corrected chi connectivity index (χ0v) is 11.0. The lowest BCUT2D eigenvalue weighted by Gasteiger charge is -2.29. The molecule has 0 atom stereocenters. The minimum Gasteiger partial charge on any atom is -0.399 e. The SMILES string of the molecule is CC(C)N(Cc1cccc(N)c1)C(=O)N(C)C. The van der Waals surface area contributed by atoms with Crippen LogP contribution in [0.5, 0.6) is 0 Å². The van der Waals surface area contributed by atoms with Crippen LogP contribution in [-0.2, 0) is 6.54 Å². The first-order chi connectivity index (χ1) is 7.91. The molecule has 0 aliphatic rings. The van der Waals surface area contributed by atoms with E-state index in [0.717, 1.165) is 11.3 Å². The third-order valence-electron chi connectivity index (χ3n) is 2.56. The standard InChI is InChI=1S/C13H21N3O/c1-10(2)16(13(17)15(3)4)9-11-6-5-7-12(14)8-11/h5-8,10H,9,14H2,1-4H3. The summed E-state index contributed by atoms with van der Waals surface area (Å²) < 4.78 is 0. The van der Waals surface area contributed by atoms with Crippen LogP contribution in [0.3, 0.4) is 0 Å². The molecule has 4 nitrogen and oxygen atoms in total. The number of carbonyl (C=O) groups excluding carboxylic acids is 1. The Morgan fingerprint density at radius 2 is 2.00 bits per heavy atom. The molecule has 2 amide bonds. The minimum atomic E-state index is 0.0161. The molecule has 0 heterocycles. The summed E-state index contributed by atoms with van der Waals surface area (Å²) in [5.41, 5.74) is 7.51. The molecule has 0 aliphatic heterocycles. The highest BCUT2D eigenvalue weighted by Crippen LogP contribution is 2.13. The Morgan fingerprint density at radius 1 is 1.35 bits per heavy atom. The Labute approximate surface area is 103 Å². The Bertz CT molecular complexity index is 388. The second kappa shape index (κ2) is 5.57. The van der Waals surface area contributed by atoms with Gasteiger partial charge in [-0.2, -0.15) is 0 Å². The molecule has 2 N–H and O–H groups in total. The van der Waals surface area contributed by atoms with Crippen LogP contribution in [-0.4, -0.2) is 36.0 Å². The fourth-order valence-electron chi connectivity index (χ4n) is 1.62. The summed E-state index contributed by atoms with van der Waals surface area (Å²) in [7, 11) is 3.52. The van der Waals surface area contributed by atoms with Crippen molar-refractivity contribution in [3.8, 4) is 0 Å². The second-order valence-corrected chi connectivity index (χ2v) is 4.64. The summed E-state index contributed by atoms with van der Waals surface area (Å²) in [6, 6.07) is 7.81. The lowest BCUT2D eigenvalue weighted by Crippen LogP contribution is -2.42. The van der Waals surface area contributed by atoms with Gasteiger partial charge in [-0.3, -0.25) is 0 Å².